The third-order valence-corrected chi connectivity index (χ3v) is 6.22. The molecule has 1 amide bonds. The van der Waals surface area contributed by atoms with E-state index in [0.29, 0.717) is 17.4 Å². The zero-order chi connectivity index (χ0) is 21.1. The Morgan fingerprint density at radius 2 is 1.97 bits per heavy atom. The molecular weight excluding hydrogens is 376 g/mol. The van der Waals surface area contributed by atoms with Gasteiger partial charge in [0.15, 0.2) is 11.5 Å². The number of carbonyl (C=O) groups is 1. The Morgan fingerprint density at radius 3 is 2.70 bits per heavy atom. The molecule has 2 unspecified atom stereocenters. The van der Waals surface area contributed by atoms with Gasteiger partial charge in [-0.3, -0.25) is 9.69 Å². The molecule has 1 saturated heterocycles. The highest BCUT2D eigenvalue weighted by Gasteiger charge is 2.25. The molecule has 1 aromatic rings. The van der Waals surface area contributed by atoms with Crippen LogP contribution in [0.3, 0.4) is 0 Å². The second-order valence-electron chi connectivity index (χ2n) is 8.15. The number of hydrogen-bond donors (Lipinski definition) is 1. The summed E-state index contributed by atoms with van der Waals surface area (Å²) < 4.78 is 10.8. The number of ether oxygens (including phenoxy) is 2. The van der Waals surface area contributed by atoms with Crippen LogP contribution in [-0.4, -0.2) is 38.1 Å². The highest BCUT2D eigenvalue weighted by Crippen LogP contribution is 2.36. The van der Waals surface area contributed by atoms with Crippen molar-refractivity contribution >= 4 is 11.5 Å². The number of piperidine rings is 1. The molecule has 3 aliphatic heterocycles. The summed E-state index contributed by atoms with van der Waals surface area (Å²) in [4.78, 5) is 15.1. The van der Waals surface area contributed by atoms with Gasteiger partial charge in [0.2, 0.25) is 0 Å². The predicted octanol–water partition coefficient (Wildman–Crippen LogP) is 4.29. The fourth-order valence-electron chi connectivity index (χ4n) is 4.42. The summed E-state index contributed by atoms with van der Waals surface area (Å²) in [5.74, 6) is 2.01. The smallest absolute Gasteiger partial charge is 0.255 e. The highest BCUT2D eigenvalue weighted by molar-refractivity contribution is 5.98. The zero-order valence-corrected chi connectivity index (χ0v) is 18.0. The summed E-state index contributed by atoms with van der Waals surface area (Å²) in [7, 11) is 3.25. The van der Waals surface area contributed by atoms with E-state index < -0.39 is 0 Å². The Balaban J connectivity index is 1.66. The summed E-state index contributed by atoms with van der Waals surface area (Å²) >= 11 is 0. The molecule has 1 N–H and O–H groups in total. The molecule has 3 heterocycles. The summed E-state index contributed by atoms with van der Waals surface area (Å²) in [6, 6.07) is 5.84. The average molecular weight is 407 g/mol. The lowest BCUT2D eigenvalue weighted by atomic mass is 9.87. The van der Waals surface area contributed by atoms with Crippen molar-refractivity contribution in [2.75, 3.05) is 27.3 Å². The molecule has 1 aromatic carbocycles. The maximum absolute atomic E-state index is 13.3. The van der Waals surface area contributed by atoms with Gasteiger partial charge in [-0.05, 0) is 72.6 Å². The van der Waals surface area contributed by atoms with Crippen LogP contribution in [0, 0.1) is 11.8 Å². The molecule has 5 heteroatoms. The normalized spacial score (nSPS) is 24.2. The van der Waals surface area contributed by atoms with E-state index in [4.69, 9.17) is 9.47 Å². The quantitative estimate of drug-likeness (QED) is 0.810. The minimum Gasteiger partial charge on any atom is -0.493 e. The number of methoxy groups -OCH3 is 2. The van der Waals surface area contributed by atoms with Gasteiger partial charge in [0, 0.05) is 24.5 Å². The van der Waals surface area contributed by atoms with E-state index in [1.165, 1.54) is 12.0 Å². The van der Waals surface area contributed by atoms with E-state index in [9.17, 15) is 4.79 Å². The Hall–Kier alpha value is -2.79. The van der Waals surface area contributed by atoms with Crippen molar-refractivity contribution in [2.24, 2.45) is 11.8 Å². The Bertz CT molecular complexity index is 936. The van der Waals surface area contributed by atoms with Crippen molar-refractivity contribution in [3.05, 3.63) is 65.5 Å². The lowest BCUT2D eigenvalue weighted by Crippen LogP contribution is -2.33. The summed E-state index contributed by atoms with van der Waals surface area (Å²) in [6.07, 6.45) is 13.4. The second-order valence-corrected chi connectivity index (χ2v) is 8.15. The summed E-state index contributed by atoms with van der Waals surface area (Å²) in [5.41, 5.74) is 4.18. The predicted molar refractivity (Wildman–Crippen MR) is 119 cm³/mol. The number of amides is 1. The number of nitrogens with zero attached hydrogens (tertiary/aromatic N) is 1. The van der Waals surface area contributed by atoms with Gasteiger partial charge in [-0.15, -0.1) is 0 Å². The maximum Gasteiger partial charge on any atom is 0.255 e. The van der Waals surface area contributed by atoms with Gasteiger partial charge in [-0.2, -0.15) is 0 Å². The molecule has 158 valence electrons. The van der Waals surface area contributed by atoms with Gasteiger partial charge in [-0.25, -0.2) is 0 Å². The van der Waals surface area contributed by atoms with Gasteiger partial charge in [0.1, 0.15) is 0 Å². The molecule has 2 atom stereocenters. The van der Waals surface area contributed by atoms with Gasteiger partial charge >= 0.3 is 0 Å². The SMILES string of the molecule is COc1ccc(C2=CC(=O)N3C=C(C4CCCNC4)C=CC3=CCC2C)cc1OC. The largest absolute Gasteiger partial charge is 0.493 e. The third kappa shape index (κ3) is 4.08. The monoisotopic (exact) mass is 406 g/mol. The fourth-order valence-corrected chi connectivity index (χ4v) is 4.42. The van der Waals surface area contributed by atoms with Crippen molar-refractivity contribution < 1.29 is 14.3 Å². The minimum atomic E-state index is -0.0109. The Kier molecular flexibility index (Phi) is 6.09. The maximum atomic E-state index is 13.3. The number of carbonyl (C=O) groups excluding carboxylic acids is 1. The summed E-state index contributed by atoms with van der Waals surface area (Å²) in [5, 5.41) is 3.47. The molecule has 0 spiro atoms. The van der Waals surface area contributed by atoms with Gasteiger partial charge < -0.3 is 14.8 Å². The highest BCUT2D eigenvalue weighted by atomic mass is 16.5. The number of hydrogen-bond acceptors (Lipinski definition) is 4. The fraction of sp³-hybridized carbons (Fsp3) is 0.400. The number of allylic oxidation sites excluding steroid dienone is 4. The molecule has 0 saturated carbocycles. The van der Waals surface area contributed by atoms with Crippen molar-refractivity contribution in [3.8, 4) is 11.5 Å². The van der Waals surface area contributed by atoms with Crippen LogP contribution < -0.4 is 14.8 Å². The molecule has 3 aliphatic rings. The van der Waals surface area contributed by atoms with E-state index in [-0.39, 0.29) is 11.8 Å². The first-order valence-electron chi connectivity index (χ1n) is 10.7. The molecular formula is C25H30N2O3. The van der Waals surface area contributed by atoms with E-state index in [1.807, 2.05) is 24.4 Å². The van der Waals surface area contributed by atoms with Crippen LogP contribution in [0.25, 0.3) is 5.57 Å². The first-order chi connectivity index (χ1) is 14.6. The number of rotatable bonds is 4. The van der Waals surface area contributed by atoms with Gasteiger partial charge in [0.25, 0.3) is 5.91 Å². The first kappa shape index (κ1) is 20.5. The molecule has 4 rings (SSSR count). The number of fused-ring (bicyclic) bond motifs is 1. The molecule has 5 nitrogen and oxygen atoms in total. The molecule has 0 radical (unpaired) electrons. The van der Waals surface area contributed by atoms with Crippen LogP contribution in [-0.2, 0) is 4.79 Å². The molecule has 30 heavy (non-hydrogen) atoms. The van der Waals surface area contributed by atoms with Crippen LogP contribution in [0.15, 0.2) is 60.0 Å². The van der Waals surface area contributed by atoms with Crippen LogP contribution in [0.2, 0.25) is 0 Å². The van der Waals surface area contributed by atoms with Crippen LogP contribution >= 0.6 is 0 Å². The Labute approximate surface area is 178 Å². The van der Waals surface area contributed by atoms with Crippen molar-refractivity contribution in [3.63, 3.8) is 0 Å². The summed E-state index contributed by atoms with van der Waals surface area (Å²) in [6.45, 7) is 4.21. The molecule has 0 aromatic heterocycles. The van der Waals surface area contributed by atoms with E-state index >= 15 is 0 Å². The van der Waals surface area contributed by atoms with E-state index in [2.05, 4.69) is 30.5 Å². The van der Waals surface area contributed by atoms with Crippen molar-refractivity contribution in [1.82, 2.24) is 10.2 Å². The van der Waals surface area contributed by atoms with E-state index in [0.717, 1.165) is 42.8 Å². The first-order valence-corrected chi connectivity index (χ1v) is 10.7. The van der Waals surface area contributed by atoms with Crippen LogP contribution in [0.4, 0.5) is 0 Å². The van der Waals surface area contributed by atoms with Gasteiger partial charge in [-0.1, -0.05) is 25.1 Å². The molecule has 0 bridgehead atoms. The van der Waals surface area contributed by atoms with E-state index in [1.54, 1.807) is 25.2 Å². The zero-order valence-electron chi connectivity index (χ0n) is 18.0. The molecule has 0 aliphatic carbocycles. The number of benzene rings is 1. The minimum absolute atomic E-state index is 0.0109. The lowest BCUT2D eigenvalue weighted by Gasteiger charge is -2.31. The van der Waals surface area contributed by atoms with Gasteiger partial charge in [0.05, 0.1) is 14.2 Å². The second kappa shape index (κ2) is 8.92. The standard InChI is InChI=1S/C25H30N2O3/c1-17-6-9-21-10-7-20(19-5-4-12-26-15-19)16-27(21)25(28)14-22(17)18-8-11-23(29-2)24(13-18)30-3/h7-11,13-14,16-17,19,26H,4-6,12,15H2,1-3H3. The van der Waals surface area contributed by atoms with Crippen LogP contribution in [0.5, 0.6) is 11.5 Å². The van der Waals surface area contributed by atoms with Crippen molar-refractivity contribution in [1.29, 1.82) is 0 Å². The third-order valence-electron chi connectivity index (χ3n) is 6.22. The van der Waals surface area contributed by atoms with Crippen LogP contribution in [0.1, 0.15) is 31.7 Å². The lowest BCUT2D eigenvalue weighted by molar-refractivity contribution is -0.122. The van der Waals surface area contributed by atoms with Crippen molar-refractivity contribution in [2.45, 2.75) is 26.2 Å². The number of nitrogens with one attached hydrogen (secondary N) is 1. The Morgan fingerprint density at radius 1 is 1.13 bits per heavy atom. The average Bonchev–Trinajstić information content (AvgIpc) is 2.80. The molecule has 1 fully saturated rings. The topological polar surface area (TPSA) is 50.8 Å².